The molecule has 0 unspecified atom stereocenters. The van der Waals surface area contributed by atoms with Gasteiger partial charge in [0.25, 0.3) is 10.0 Å². The second-order valence-electron chi connectivity index (χ2n) is 4.68. The quantitative estimate of drug-likeness (QED) is 0.620. The predicted octanol–water partition coefficient (Wildman–Crippen LogP) is 3.61. The van der Waals surface area contributed by atoms with Crippen LogP contribution in [0.25, 0.3) is 10.2 Å². The summed E-state index contributed by atoms with van der Waals surface area (Å²) in [6.45, 7) is 0. The lowest BCUT2D eigenvalue weighted by atomic mass is 10.3. The van der Waals surface area contributed by atoms with Crippen LogP contribution in [-0.4, -0.2) is 24.3 Å². The summed E-state index contributed by atoms with van der Waals surface area (Å²) < 4.78 is 27.7. The van der Waals surface area contributed by atoms with Crippen molar-refractivity contribution in [2.45, 2.75) is 17.2 Å². The number of carbonyl (C=O) groups is 1. The second kappa shape index (κ2) is 7.04. The van der Waals surface area contributed by atoms with Crippen LogP contribution in [0.15, 0.2) is 32.4 Å². The summed E-state index contributed by atoms with van der Waals surface area (Å²) >= 11 is 11.3. The van der Waals surface area contributed by atoms with Crippen molar-refractivity contribution in [1.29, 1.82) is 0 Å². The molecule has 0 saturated heterocycles. The molecule has 24 heavy (non-hydrogen) atoms. The minimum atomic E-state index is -3.97. The molecule has 0 atom stereocenters. The molecule has 3 rings (SSSR count). The monoisotopic (exact) mass is 465 g/mol. The lowest BCUT2D eigenvalue weighted by Crippen LogP contribution is -2.30. The zero-order chi connectivity index (χ0) is 17.3. The Morgan fingerprint density at radius 3 is 2.83 bits per heavy atom. The van der Waals surface area contributed by atoms with Crippen LogP contribution in [0.5, 0.6) is 0 Å². The highest BCUT2D eigenvalue weighted by molar-refractivity contribution is 9.10. The normalized spacial score (nSPS) is 11.8. The van der Waals surface area contributed by atoms with Gasteiger partial charge in [-0.1, -0.05) is 27.5 Å². The molecule has 0 fully saturated rings. The number of nitrogens with zero attached hydrogens (tertiary/aromatic N) is 2. The molecule has 0 bridgehead atoms. The number of sulfonamides is 1. The fourth-order valence-electron chi connectivity index (χ4n) is 1.88. The summed E-state index contributed by atoms with van der Waals surface area (Å²) in [5, 5.41) is 2.24. The number of thiazole rings is 2. The average molecular weight is 467 g/mol. The van der Waals surface area contributed by atoms with Crippen molar-refractivity contribution in [3.05, 3.63) is 38.2 Å². The average Bonchev–Trinajstić information content (AvgIpc) is 3.10. The molecule has 0 aliphatic rings. The molecule has 6 nitrogen and oxygen atoms in total. The molecular weight excluding hydrogens is 458 g/mol. The first kappa shape index (κ1) is 17.7. The summed E-state index contributed by atoms with van der Waals surface area (Å²) in [5.74, 6) is -0.609. The van der Waals surface area contributed by atoms with E-state index in [0.29, 0.717) is 6.42 Å². The Morgan fingerprint density at radius 2 is 2.12 bits per heavy atom. The van der Waals surface area contributed by atoms with E-state index in [1.54, 1.807) is 0 Å². The molecule has 1 aromatic carbocycles. The number of nitrogens with one attached hydrogen (secondary N) is 1. The van der Waals surface area contributed by atoms with Crippen molar-refractivity contribution in [2.24, 2.45) is 0 Å². The zero-order valence-electron chi connectivity index (χ0n) is 11.8. The summed E-state index contributed by atoms with van der Waals surface area (Å²) in [6, 6.07) is 5.76. The summed E-state index contributed by atoms with van der Waals surface area (Å²) in [5.41, 5.74) is 0.842. The first-order valence-corrected chi connectivity index (χ1v) is 10.9. The highest BCUT2D eigenvalue weighted by Gasteiger charge is 2.21. The van der Waals surface area contributed by atoms with Crippen molar-refractivity contribution in [3.63, 3.8) is 0 Å². The standard InChI is InChI=1S/C13H9BrClN3O3S3/c14-7-1-2-9-8(5-7)16-12(23-9)4-3-11(19)18-24(20,21)13-17-10(15)6-22-13/h1-2,5-6H,3-4H2,(H,18,19). The highest BCUT2D eigenvalue weighted by Crippen LogP contribution is 2.26. The van der Waals surface area contributed by atoms with Gasteiger partial charge in [0.2, 0.25) is 10.2 Å². The van der Waals surface area contributed by atoms with Gasteiger partial charge in [-0.2, -0.15) is 8.42 Å². The van der Waals surface area contributed by atoms with E-state index in [-0.39, 0.29) is 15.9 Å². The number of aryl methyl sites for hydroxylation is 1. The van der Waals surface area contributed by atoms with Crippen LogP contribution in [0.4, 0.5) is 0 Å². The number of fused-ring (bicyclic) bond motifs is 1. The number of amides is 1. The third kappa shape index (κ3) is 4.12. The molecule has 0 radical (unpaired) electrons. The van der Waals surface area contributed by atoms with Gasteiger partial charge in [0.1, 0.15) is 5.15 Å². The number of halogens is 2. The predicted molar refractivity (Wildman–Crippen MR) is 98.1 cm³/mol. The van der Waals surface area contributed by atoms with Crippen LogP contribution in [0.3, 0.4) is 0 Å². The van der Waals surface area contributed by atoms with E-state index in [2.05, 4.69) is 25.9 Å². The maximum absolute atomic E-state index is 12.0. The first-order valence-electron chi connectivity index (χ1n) is 6.55. The van der Waals surface area contributed by atoms with E-state index < -0.39 is 15.9 Å². The third-order valence-corrected chi connectivity index (χ3v) is 7.43. The van der Waals surface area contributed by atoms with Gasteiger partial charge in [-0.15, -0.1) is 22.7 Å². The van der Waals surface area contributed by atoms with Gasteiger partial charge in [0, 0.05) is 22.7 Å². The molecule has 126 valence electrons. The van der Waals surface area contributed by atoms with Crippen LogP contribution < -0.4 is 4.72 Å². The number of carbonyl (C=O) groups excluding carboxylic acids is 1. The maximum Gasteiger partial charge on any atom is 0.291 e. The first-order chi connectivity index (χ1) is 11.3. The van der Waals surface area contributed by atoms with Gasteiger partial charge in [-0.25, -0.2) is 14.7 Å². The van der Waals surface area contributed by atoms with Gasteiger partial charge in [-0.3, -0.25) is 4.79 Å². The molecule has 1 amide bonds. The molecule has 2 aromatic heterocycles. The highest BCUT2D eigenvalue weighted by atomic mass is 79.9. The van der Waals surface area contributed by atoms with E-state index in [9.17, 15) is 13.2 Å². The SMILES string of the molecule is O=C(CCc1nc2cc(Br)ccc2s1)NS(=O)(=O)c1nc(Cl)cs1. The lowest BCUT2D eigenvalue weighted by Gasteiger charge is -2.03. The minimum absolute atomic E-state index is 0.0132. The number of hydrogen-bond acceptors (Lipinski definition) is 7. The van der Waals surface area contributed by atoms with Gasteiger partial charge in [0.15, 0.2) is 0 Å². The fourth-order valence-corrected chi connectivity index (χ4v) is 5.38. The molecule has 0 aliphatic carbocycles. The van der Waals surface area contributed by atoms with E-state index in [1.165, 1.54) is 16.7 Å². The Labute approximate surface area is 159 Å². The number of aromatic nitrogens is 2. The largest absolute Gasteiger partial charge is 0.291 e. The summed E-state index contributed by atoms with van der Waals surface area (Å²) in [7, 11) is -3.97. The van der Waals surface area contributed by atoms with Gasteiger partial charge >= 0.3 is 0 Å². The summed E-state index contributed by atoms with van der Waals surface area (Å²) in [6.07, 6.45) is 0.371. The molecule has 0 saturated carbocycles. The Hall–Kier alpha value is -1.07. The Balaban J connectivity index is 1.64. The van der Waals surface area contributed by atoms with Gasteiger partial charge in [0.05, 0.1) is 15.2 Å². The van der Waals surface area contributed by atoms with Crippen LogP contribution in [-0.2, 0) is 21.2 Å². The van der Waals surface area contributed by atoms with Crippen LogP contribution in [0.1, 0.15) is 11.4 Å². The molecule has 11 heteroatoms. The smallest absolute Gasteiger partial charge is 0.274 e. The molecule has 0 spiro atoms. The topological polar surface area (TPSA) is 89.0 Å². The van der Waals surface area contributed by atoms with Crippen LogP contribution in [0, 0.1) is 0 Å². The second-order valence-corrected chi connectivity index (χ2v) is 9.82. The van der Waals surface area contributed by atoms with Crippen molar-refractivity contribution in [1.82, 2.24) is 14.7 Å². The van der Waals surface area contributed by atoms with Crippen molar-refractivity contribution in [3.8, 4) is 0 Å². The Bertz CT molecular complexity index is 1020. The number of benzene rings is 1. The summed E-state index contributed by atoms with van der Waals surface area (Å²) in [4.78, 5) is 20.0. The van der Waals surface area contributed by atoms with Crippen molar-refractivity contribution in [2.75, 3.05) is 0 Å². The minimum Gasteiger partial charge on any atom is -0.274 e. The van der Waals surface area contributed by atoms with Crippen LogP contribution >= 0.6 is 50.2 Å². The molecule has 0 aliphatic heterocycles. The number of hydrogen-bond donors (Lipinski definition) is 1. The van der Waals surface area contributed by atoms with Crippen LogP contribution in [0.2, 0.25) is 5.15 Å². The molecule has 2 heterocycles. The molecule has 3 aromatic rings. The van der Waals surface area contributed by atoms with Crippen molar-refractivity contribution < 1.29 is 13.2 Å². The third-order valence-electron chi connectivity index (χ3n) is 2.89. The van der Waals surface area contributed by atoms with Gasteiger partial charge < -0.3 is 0 Å². The Kier molecular flexibility index (Phi) is 5.21. The maximum atomic E-state index is 12.0. The zero-order valence-corrected chi connectivity index (χ0v) is 16.6. The van der Waals surface area contributed by atoms with Crippen molar-refractivity contribution >= 4 is 76.4 Å². The molecule has 1 N–H and O–H groups in total. The van der Waals surface area contributed by atoms with E-state index in [0.717, 1.165) is 31.0 Å². The number of rotatable bonds is 5. The fraction of sp³-hybridized carbons (Fsp3) is 0.154. The lowest BCUT2D eigenvalue weighted by molar-refractivity contribution is -0.119. The molecular formula is C13H9BrClN3O3S3. The van der Waals surface area contributed by atoms with E-state index in [4.69, 9.17) is 11.6 Å². The van der Waals surface area contributed by atoms with E-state index >= 15 is 0 Å². The van der Waals surface area contributed by atoms with Gasteiger partial charge in [-0.05, 0) is 18.2 Å². The Morgan fingerprint density at radius 1 is 1.33 bits per heavy atom. The van der Waals surface area contributed by atoms with E-state index in [1.807, 2.05) is 22.9 Å².